The number of aliphatic imine (C=N–C) groups is 1. The minimum absolute atomic E-state index is 0.106. The number of hydrogen-bond donors (Lipinski definition) is 1. The summed E-state index contributed by atoms with van der Waals surface area (Å²) < 4.78 is 0. The summed E-state index contributed by atoms with van der Waals surface area (Å²) in [6.45, 7) is 0. The maximum atomic E-state index is 11.9. The second kappa shape index (κ2) is 5.75. The average Bonchev–Trinajstić information content (AvgIpc) is 2.45. The van der Waals surface area contributed by atoms with Gasteiger partial charge < -0.3 is 5.73 Å². The summed E-state index contributed by atoms with van der Waals surface area (Å²) in [6, 6.07) is 12.6. The molecule has 0 radical (unpaired) electrons. The van der Waals surface area contributed by atoms with Crippen molar-refractivity contribution in [3.63, 3.8) is 0 Å². The molecular formula is C14H11N3O3. The van der Waals surface area contributed by atoms with Crippen LogP contribution >= 0.6 is 0 Å². The summed E-state index contributed by atoms with van der Waals surface area (Å²) >= 11 is 0. The molecule has 0 aromatic heterocycles. The third-order valence-electron chi connectivity index (χ3n) is 2.65. The number of nitrogens with two attached hydrogens (primary N) is 1. The molecule has 0 fully saturated rings. The minimum Gasteiger partial charge on any atom is -0.398 e. The van der Waals surface area contributed by atoms with E-state index in [2.05, 4.69) is 4.99 Å². The summed E-state index contributed by atoms with van der Waals surface area (Å²) in [5, 5.41) is 10.8. The van der Waals surface area contributed by atoms with Crippen molar-refractivity contribution in [3.8, 4) is 0 Å². The maximum Gasteiger partial charge on any atom is 0.279 e. The number of nitro groups is 1. The van der Waals surface area contributed by atoms with Gasteiger partial charge in [0.15, 0.2) is 0 Å². The molecule has 0 aliphatic rings. The van der Waals surface area contributed by atoms with Gasteiger partial charge in [0, 0.05) is 18.0 Å². The van der Waals surface area contributed by atoms with Gasteiger partial charge >= 0.3 is 0 Å². The number of benzene rings is 2. The highest BCUT2D eigenvalue weighted by atomic mass is 16.6. The Morgan fingerprint density at radius 2 is 1.80 bits per heavy atom. The number of nitrogen functional groups attached to an aromatic ring is 1. The van der Waals surface area contributed by atoms with Crippen molar-refractivity contribution in [2.45, 2.75) is 0 Å². The summed E-state index contributed by atoms with van der Waals surface area (Å²) in [5.74, 6) is -0.541. The van der Waals surface area contributed by atoms with Gasteiger partial charge in [0.05, 0.1) is 16.1 Å². The van der Waals surface area contributed by atoms with Crippen molar-refractivity contribution < 1.29 is 9.72 Å². The van der Waals surface area contributed by atoms with Crippen LogP contribution in [-0.4, -0.2) is 17.0 Å². The van der Waals surface area contributed by atoms with Gasteiger partial charge in [-0.15, -0.1) is 0 Å². The molecule has 6 heteroatoms. The van der Waals surface area contributed by atoms with E-state index in [0.717, 1.165) is 0 Å². The van der Waals surface area contributed by atoms with Crippen LogP contribution < -0.4 is 5.73 Å². The van der Waals surface area contributed by atoms with Gasteiger partial charge in [-0.1, -0.05) is 24.3 Å². The molecule has 2 aromatic carbocycles. The zero-order valence-corrected chi connectivity index (χ0v) is 10.4. The Bertz CT molecular complexity index is 696. The molecule has 0 spiro atoms. The fourth-order valence-electron chi connectivity index (χ4n) is 1.65. The number of nitro benzene ring substituents is 1. The molecule has 0 bridgehead atoms. The molecule has 0 saturated carbocycles. The number of amides is 1. The number of nitrogens with zero attached hydrogens (tertiary/aromatic N) is 2. The fraction of sp³-hybridized carbons (Fsp3) is 0. The lowest BCUT2D eigenvalue weighted by Crippen LogP contribution is -2.02. The lowest BCUT2D eigenvalue weighted by molar-refractivity contribution is -0.385. The average molecular weight is 269 g/mol. The standard InChI is InChI=1S/C14H11N3O3/c15-12-7-3-2-6-11(12)14(18)16-9-10-5-1-4-8-13(10)17(19)20/h1-9H,15H2. The molecule has 0 atom stereocenters. The van der Waals surface area contributed by atoms with Crippen LogP contribution in [0.3, 0.4) is 0 Å². The molecule has 0 aliphatic carbocycles. The molecule has 2 aromatic rings. The number of rotatable bonds is 3. The Hall–Kier alpha value is -3.02. The molecule has 2 rings (SSSR count). The molecule has 2 N–H and O–H groups in total. The van der Waals surface area contributed by atoms with Crippen molar-refractivity contribution in [3.05, 3.63) is 69.8 Å². The molecule has 6 nitrogen and oxygen atoms in total. The normalized spacial score (nSPS) is 10.6. The summed E-state index contributed by atoms with van der Waals surface area (Å²) in [7, 11) is 0. The number of carbonyl (C=O) groups is 1. The van der Waals surface area contributed by atoms with Crippen LogP contribution in [0.4, 0.5) is 11.4 Å². The highest BCUT2D eigenvalue weighted by molar-refractivity contribution is 6.05. The summed E-state index contributed by atoms with van der Waals surface area (Å²) in [6.07, 6.45) is 1.17. The van der Waals surface area contributed by atoms with E-state index in [-0.39, 0.29) is 16.8 Å². The zero-order chi connectivity index (χ0) is 14.5. The molecule has 0 heterocycles. The predicted octanol–water partition coefficient (Wildman–Crippen LogP) is 2.44. The van der Waals surface area contributed by atoms with Gasteiger partial charge in [-0.2, -0.15) is 0 Å². The first-order valence-electron chi connectivity index (χ1n) is 5.76. The Balaban J connectivity index is 2.29. The summed E-state index contributed by atoms with van der Waals surface area (Å²) in [4.78, 5) is 25.9. The van der Waals surface area contributed by atoms with E-state index < -0.39 is 10.8 Å². The number of para-hydroxylation sites is 2. The third-order valence-corrected chi connectivity index (χ3v) is 2.65. The minimum atomic E-state index is -0.541. The Kier molecular flexibility index (Phi) is 3.85. The topological polar surface area (TPSA) is 98.6 Å². The van der Waals surface area contributed by atoms with E-state index in [1.54, 1.807) is 36.4 Å². The van der Waals surface area contributed by atoms with Crippen molar-refractivity contribution in [1.82, 2.24) is 0 Å². The molecule has 1 amide bonds. The van der Waals surface area contributed by atoms with E-state index in [9.17, 15) is 14.9 Å². The van der Waals surface area contributed by atoms with Crippen LogP contribution in [0.15, 0.2) is 53.5 Å². The molecular weight excluding hydrogens is 258 g/mol. The number of hydrogen-bond acceptors (Lipinski definition) is 4. The predicted molar refractivity (Wildman–Crippen MR) is 75.9 cm³/mol. The SMILES string of the molecule is Nc1ccccc1C(=O)N=Cc1ccccc1[N+](=O)[O-]. The quantitative estimate of drug-likeness (QED) is 0.400. The maximum absolute atomic E-state index is 11.9. The van der Waals surface area contributed by atoms with Crippen molar-refractivity contribution >= 4 is 23.5 Å². The van der Waals surface area contributed by atoms with Gasteiger partial charge in [0.25, 0.3) is 11.6 Å². The van der Waals surface area contributed by atoms with E-state index in [1.165, 1.54) is 18.3 Å². The lowest BCUT2D eigenvalue weighted by Gasteiger charge is -2.00. The van der Waals surface area contributed by atoms with Gasteiger partial charge in [0.2, 0.25) is 0 Å². The zero-order valence-electron chi connectivity index (χ0n) is 10.4. The summed E-state index contributed by atoms with van der Waals surface area (Å²) in [5.41, 5.74) is 6.41. The fourth-order valence-corrected chi connectivity index (χ4v) is 1.65. The monoisotopic (exact) mass is 269 g/mol. The van der Waals surface area contributed by atoms with Crippen LogP contribution in [0.2, 0.25) is 0 Å². The molecule has 20 heavy (non-hydrogen) atoms. The first-order chi connectivity index (χ1) is 9.59. The first-order valence-corrected chi connectivity index (χ1v) is 5.76. The second-order valence-corrected chi connectivity index (χ2v) is 3.97. The van der Waals surface area contributed by atoms with Crippen LogP contribution in [0, 0.1) is 10.1 Å². The molecule has 0 aliphatic heterocycles. The highest BCUT2D eigenvalue weighted by Gasteiger charge is 2.11. The van der Waals surface area contributed by atoms with Gasteiger partial charge in [-0.25, -0.2) is 4.99 Å². The molecule has 100 valence electrons. The van der Waals surface area contributed by atoms with Crippen LogP contribution in [0.5, 0.6) is 0 Å². The van der Waals surface area contributed by atoms with Crippen molar-refractivity contribution in [2.24, 2.45) is 4.99 Å². The van der Waals surface area contributed by atoms with Gasteiger partial charge in [-0.3, -0.25) is 14.9 Å². The van der Waals surface area contributed by atoms with Crippen LogP contribution in [-0.2, 0) is 0 Å². The third kappa shape index (κ3) is 2.86. The molecule has 0 saturated heterocycles. The molecule has 0 unspecified atom stereocenters. The number of carbonyl (C=O) groups excluding carboxylic acids is 1. The van der Waals surface area contributed by atoms with E-state index >= 15 is 0 Å². The van der Waals surface area contributed by atoms with Crippen LogP contribution in [0.1, 0.15) is 15.9 Å². The van der Waals surface area contributed by atoms with Crippen molar-refractivity contribution in [1.29, 1.82) is 0 Å². The first kappa shape index (κ1) is 13.4. The van der Waals surface area contributed by atoms with Crippen molar-refractivity contribution in [2.75, 3.05) is 5.73 Å². The largest absolute Gasteiger partial charge is 0.398 e. The Morgan fingerprint density at radius 3 is 2.50 bits per heavy atom. The van der Waals surface area contributed by atoms with E-state index in [4.69, 9.17) is 5.73 Å². The second-order valence-electron chi connectivity index (χ2n) is 3.97. The van der Waals surface area contributed by atoms with E-state index in [0.29, 0.717) is 5.69 Å². The smallest absolute Gasteiger partial charge is 0.279 e. The van der Waals surface area contributed by atoms with E-state index in [1.807, 2.05) is 0 Å². The lowest BCUT2D eigenvalue weighted by atomic mass is 10.1. The highest BCUT2D eigenvalue weighted by Crippen LogP contribution is 2.16. The van der Waals surface area contributed by atoms with Gasteiger partial charge in [0.1, 0.15) is 0 Å². The van der Waals surface area contributed by atoms with Crippen LogP contribution in [0.25, 0.3) is 0 Å². The number of anilines is 1. The Labute approximate surface area is 114 Å². The van der Waals surface area contributed by atoms with Gasteiger partial charge in [-0.05, 0) is 18.2 Å². The Morgan fingerprint density at radius 1 is 1.15 bits per heavy atom.